The Bertz CT molecular complexity index is 412. The van der Waals surface area contributed by atoms with Gasteiger partial charge in [0.05, 0.1) is 0 Å². The molecule has 96 valence electrons. The Morgan fingerprint density at radius 2 is 1.47 bits per heavy atom. The van der Waals surface area contributed by atoms with E-state index < -0.39 is 0 Å². The lowest BCUT2D eigenvalue weighted by molar-refractivity contribution is 0.277. The van der Waals surface area contributed by atoms with Crippen LogP contribution < -0.4 is 0 Å². The SMILES string of the molecule is Cc1cc(O)c(C(C)(C)CC(C)(C)C)cc1O. The van der Waals surface area contributed by atoms with Crippen molar-refractivity contribution >= 4 is 0 Å². The van der Waals surface area contributed by atoms with Crippen molar-refractivity contribution in [1.82, 2.24) is 0 Å². The second-order valence-electron chi connectivity index (χ2n) is 6.78. The minimum Gasteiger partial charge on any atom is -0.508 e. The fourth-order valence-corrected chi connectivity index (χ4v) is 2.64. The van der Waals surface area contributed by atoms with Crippen molar-refractivity contribution in [1.29, 1.82) is 0 Å². The summed E-state index contributed by atoms with van der Waals surface area (Å²) in [6, 6.07) is 3.32. The van der Waals surface area contributed by atoms with Crippen LogP contribution in [0.3, 0.4) is 0 Å². The van der Waals surface area contributed by atoms with E-state index in [0.29, 0.717) is 5.56 Å². The number of phenols is 2. The first kappa shape index (κ1) is 13.9. The molecule has 0 aliphatic heterocycles. The number of rotatable bonds is 2. The van der Waals surface area contributed by atoms with Crippen molar-refractivity contribution in [3.63, 3.8) is 0 Å². The predicted molar refractivity (Wildman–Crippen MR) is 71.6 cm³/mol. The third kappa shape index (κ3) is 3.39. The molecule has 2 nitrogen and oxygen atoms in total. The highest BCUT2D eigenvalue weighted by Gasteiger charge is 2.30. The number of aryl methyl sites for hydroxylation is 1. The van der Waals surface area contributed by atoms with E-state index in [1.807, 2.05) is 0 Å². The van der Waals surface area contributed by atoms with Gasteiger partial charge in [0.2, 0.25) is 0 Å². The molecule has 0 spiro atoms. The van der Waals surface area contributed by atoms with E-state index >= 15 is 0 Å². The molecule has 0 aromatic heterocycles. The first-order valence-electron chi connectivity index (χ1n) is 6.06. The van der Waals surface area contributed by atoms with Crippen LogP contribution in [0.5, 0.6) is 11.5 Å². The summed E-state index contributed by atoms with van der Waals surface area (Å²) in [5, 5.41) is 19.8. The Balaban J connectivity index is 3.19. The zero-order chi connectivity index (χ0) is 13.4. The fourth-order valence-electron chi connectivity index (χ4n) is 2.64. The number of hydrogen-bond donors (Lipinski definition) is 2. The first-order chi connectivity index (χ1) is 7.53. The van der Waals surface area contributed by atoms with E-state index in [0.717, 1.165) is 12.0 Å². The zero-order valence-corrected chi connectivity index (χ0v) is 11.8. The second-order valence-corrected chi connectivity index (χ2v) is 6.78. The molecular formula is C15H24O2. The standard InChI is InChI=1S/C15H24O2/c1-10-7-13(17)11(8-12(10)16)15(5,6)9-14(2,3)4/h7-8,16-17H,9H2,1-6H3. The van der Waals surface area contributed by atoms with Gasteiger partial charge in [-0.2, -0.15) is 0 Å². The summed E-state index contributed by atoms with van der Waals surface area (Å²) >= 11 is 0. The van der Waals surface area contributed by atoms with Crippen molar-refractivity contribution < 1.29 is 10.2 Å². The monoisotopic (exact) mass is 236 g/mol. The average molecular weight is 236 g/mol. The van der Waals surface area contributed by atoms with E-state index in [-0.39, 0.29) is 22.3 Å². The average Bonchev–Trinajstić information content (AvgIpc) is 2.06. The largest absolute Gasteiger partial charge is 0.508 e. The van der Waals surface area contributed by atoms with Crippen LogP contribution >= 0.6 is 0 Å². The van der Waals surface area contributed by atoms with Crippen molar-refractivity contribution in [3.05, 3.63) is 23.3 Å². The highest BCUT2D eigenvalue weighted by Crippen LogP contribution is 2.41. The molecule has 2 N–H and O–H groups in total. The Hall–Kier alpha value is -1.18. The van der Waals surface area contributed by atoms with Crippen LogP contribution in [-0.4, -0.2) is 10.2 Å². The third-order valence-electron chi connectivity index (χ3n) is 3.02. The molecular weight excluding hydrogens is 212 g/mol. The van der Waals surface area contributed by atoms with Gasteiger partial charge < -0.3 is 10.2 Å². The summed E-state index contributed by atoms with van der Waals surface area (Å²) < 4.78 is 0. The molecule has 0 amide bonds. The zero-order valence-electron chi connectivity index (χ0n) is 11.8. The predicted octanol–water partition coefficient (Wildman–Crippen LogP) is 4.12. The highest BCUT2D eigenvalue weighted by atomic mass is 16.3. The van der Waals surface area contributed by atoms with E-state index in [2.05, 4.69) is 34.6 Å². The van der Waals surface area contributed by atoms with E-state index in [1.54, 1.807) is 19.1 Å². The van der Waals surface area contributed by atoms with Crippen molar-refractivity contribution in [2.24, 2.45) is 5.41 Å². The van der Waals surface area contributed by atoms with E-state index in [1.165, 1.54) is 0 Å². The number of hydrogen-bond acceptors (Lipinski definition) is 2. The van der Waals surface area contributed by atoms with Crippen LogP contribution in [0.15, 0.2) is 12.1 Å². The molecule has 0 radical (unpaired) electrons. The third-order valence-corrected chi connectivity index (χ3v) is 3.02. The molecule has 0 atom stereocenters. The van der Waals surface area contributed by atoms with Crippen LogP contribution in [0.25, 0.3) is 0 Å². The molecule has 2 heteroatoms. The van der Waals surface area contributed by atoms with Gasteiger partial charge in [0.25, 0.3) is 0 Å². The lowest BCUT2D eigenvalue weighted by Gasteiger charge is -2.33. The summed E-state index contributed by atoms with van der Waals surface area (Å²) in [6.07, 6.45) is 0.941. The Kier molecular flexibility index (Phi) is 3.47. The Morgan fingerprint density at radius 1 is 0.941 bits per heavy atom. The molecule has 0 saturated heterocycles. The Morgan fingerprint density at radius 3 is 1.94 bits per heavy atom. The van der Waals surface area contributed by atoms with Gasteiger partial charge in [0, 0.05) is 5.56 Å². The summed E-state index contributed by atoms with van der Waals surface area (Å²) in [4.78, 5) is 0. The minimum absolute atomic E-state index is 0.159. The summed E-state index contributed by atoms with van der Waals surface area (Å²) in [7, 11) is 0. The summed E-state index contributed by atoms with van der Waals surface area (Å²) in [5.74, 6) is 0.523. The van der Waals surface area contributed by atoms with E-state index in [4.69, 9.17) is 0 Å². The molecule has 0 fully saturated rings. The molecule has 0 heterocycles. The van der Waals surface area contributed by atoms with Crippen LogP contribution in [0.1, 0.15) is 52.2 Å². The van der Waals surface area contributed by atoms with Gasteiger partial charge in [0.1, 0.15) is 11.5 Å². The maximum absolute atomic E-state index is 10.0. The topological polar surface area (TPSA) is 40.5 Å². The summed E-state index contributed by atoms with van der Waals surface area (Å²) in [5.41, 5.74) is 1.54. The normalized spacial score (nSPS) is 12.8. The number of aromatic hydroxyl groups is 2. The molecule has 17 heavy (non-hydrogen) atoms. The van der Waals surface area contributed by atoms with Gasteiger partial charge in [-0.25, -0.2) is 0 Å². The second kappa shape index (κ2) is 4.25. The van der Waals surface area contributed by atoms with Gasteiger partial charge in [-0.3, -0.25) is 0 Å². The van der Waals surface area contributed by atoms with Gasteiger partial charge >= 0.3 is 0 Å². The minimum atomic E-state index is -0.159. The van der Waals surface area contributed by atoms with E-state index in [9.17, 15) is 10.2 Å². The number of benzene rings is 1. The fraction of sp³-hybridized carbons (Fsp3) is 0.600. The van der Waals surface area contributed by atoms with Gasteiger partial charge in [0.15, 0.2) is 0 Å². The molecule has 1 aromatic carbocycles. The van der Waals surface area contributed by atoms with Gasteiger partial charge in [-0.1, -0.05) is 34.6 Å². The first-order valence-corrected chi connectivity index (χ1v) is 6.06. The highest BCUT2D eigenvalue weighted by molar-refractivity contribution is 5.47. The lowest BCUT2D eigenvalue weighted by atomic mass is 9.72. The molecule has 0 bridgehead atoms. The molecule has 0 aliphatic rings. The van der Waals surface area contributed by atoms with Crippen LogP contribution in [0.2, 0.25) is 0 Å². The van der Waals surface area contributed by atoms with Gasteiger partial charge in [-0.05, 0) is 41.9 Å². The maximum Gasteiger partial charge on any atom is 0.119 e. The van der Waals surface area contributed by atoms with Crippen LogP contribution in [-0.2, 0) is 5.41 Å². The molecule has 0 aliphatic carbocycles. The molecule has 0 saturated carbocycles. The smallest absolute Gasteiger partial charge is 0.119 e. The summed E-state index contributed by atoms with van der Waals surface area (Å²) in [6.45, 7) is 12.5. The van der Waals surface area contributed by atoms with Crippen LogP contribution in [0.4, 0.5) is 0 Å². The van der Waals surface area contributed by atoms with Crippen molar-refractivity contribution in [3.8, 4) is 11.5 Å². The molecule has 1 rings (SSSR count). The molecule has 1 aromatic rings. The quantitative estimate of drug-likeness (QED) is 0.758. The Labute approximate surface area is 104 Å². The lowest BCUT2D eigenvalue weighted by Crippen LogP contribution is -2.24. The van der Waals surface area contributed by atoms with Gasteiger partial charge in [-0.15, -0.1) is 0 Å². The van der Waals surface area contributed by atoms with Crippen molar-refractivity contribution in [2.75, 3.05) is 0 Å². The van der Waals surface area contributed by atoms with Crippen LogP contribution in [0, 0.1) is 12.3 Å². The molecule has 0 unspecified atom stereocenters. The maximum atomic E-state index is 10.0. The number of phenolic OH excluding ortho intramolecular Hbond substituents is 2. The van der Waals surface area contributed by atoms with Crippen molar-refractivity contribution in [2.45, 2.75) is 53.4 Å².